The zero-order valence-electron chi connectivity index (χ0n) is 17.1. The van der Waals surface area contributed by atoms with Crippen molar-refractivity contribution in [2.75, 3.05) is 39.8 Å². The summed E-state index contributed by atoms with van der Waals surface area (Å²) < 4.78 is 40.9. The largest absolute Gasteiger partial charge is 0.411 e. The number of hydrogen-bond acceptors (Lipinski definition) is 3. The second-order valence-corrected chi connectivity index (χ2v) is 7.33. The van der Waals surface area contributed by atoms with Crippen molar-refractivity contribution < 1.29 is 17.9 Å². The summed E-state index contributed by atoms with van der Waals surface area (Å²) in [5.74, 6) is 1.51. The van der Waals surface area contributed by atoms with Crippen molar-refractivity contribution in [3.63, 3.8) is 0 Å². The Hall–Kier alpha value is -1.07. The Bertz CT molecular complexity index is 611. The number of nitrogens with zero attached hydrogens (tertiary/aromatic N) is 2. The van der Waals surface area contributed by atoms with Crippen LogP contribution in [0.25, 0.3) is 0 Å². The molecule has 0 saturated carbocycles. The van der Waals surface area contributed by atoms with Gasteiger partial charge in [0.05, 0.1) is 6.61 Å². The Morgan fingerprint density at radius 2 is 1.90 bits per heavy atom. The summed E-state index contributed by atoms with van der Waals surface area (Å²) in [5, 5.41) is 6.58. The van der Waals surface area contributed by atoms with Crippen molar-refractivity contribution in [2.45, 2.75) is 39.1 Å². The van der Waals surface area contributed by atoms with Crippen molar-refractivity contribution in [3.05, 3.63) is 35.4 Å². The van der Waals surface area contributed by atoms with E-state index in [-0.39, 0.29) is 30.6 Å². The van der Waals surface area contributed by atoms with E-state index in [1.807, 2.05) is 12.1 Å². The molecule has 1 aromatic carbocycles. The summed E-state index contributed by atoms with van der Waals surface area (Å²) in [4.78, 5) is 6.71. The Balaban J connectivity index is 0.00000420. The molecule has 1 aliphatic heterocycles. The molecule has 1 aliphatic rings. The third-order valence-electron chi connectivity index (χ3n) is 4.70. The second kappa shape index (κ2) is 13.3. The first kappa shape index (κ1) is 26.0. The second-order valence-electron chi connectivity index (χ2n) is 7.33. The molecule has 2 N–H and O–H groups in total. The van der Waals surface area contributed by atoms with Crippen molar-refractivity contribution in [3.8, 4) is 0 Å². The summed E-state index contributed by atoms with van der Waals surface area (Å²) in [7, 11) is 1.74. The first-order valence-electron chi connectivity index (χ1n) is 9.75. The van der Waals surface area contributed by atoms with Crippen LogP contribution in [0.1, 0.15) is 30.9 Å². The highest BCUT2D eigenvalue weighted by atomic mass is 127. The highest BCUT2D eigenvalue weighted by Gasteiger charge is 2.27. The molecule has 0 radical (unpaired) electrons. The molecule has 5 nitrogen and oxygen atoms in total. The van der Waals surface area contributed by atoms with Crippen LogP contribution >= 0.6 is 24.0 Å². The van der Waals surface area contributed by atoms with Gasteiger partial charge in [0.2, 0.25) is 0 Å². The summed E-state index contributed by atoms with van der Waals surface area (Å²) in [5.41, 5.74) is 1.73. The number of benzene rings is 1. The van der Waals surface area contributed by atoms with Crippen molar-refractivity contribution in [1.29, 1.82) is 0 Å². The SMILES string of the molecule is CN=C(NCCN1CCCC(C)C1)NCc1ccc(COCC(F)(F)F)cc1.I. The maximum Gasteiger partial charge on any atom is 0.411 e. The Morgan fingerprint density at radius 1 is 1.21 bits per heavy atom. The Labute approximate surface area is 188 Å². The van der Waals surface area contributed by atoms with E-state index in [1.54, 1.807) is 19.2 Å². The molecular formula is C20H32F3IN4O. The van der Waals surface area contributed by atoms with Crippen LogP contribution in [0.4, 0.5) is 13.2 Å². The van der Waals surface area contributed by atoms with Gasteiger partial charge in [0.15, 0.2) is 5.96 Å². The molecule has 1 unspecified atom stereocenters. The average molecular weight is 528 g/mol. The summed E-state index contributed by atoms with van der Waals surface area (Å²) in [6, 6.07) is 7.31. The van der Waals surface area contributed by atoms with Crippen LogP contribution in [0.2, 0.25) is 0 Å². The van der Waals surface area contributed by atoms with Gasteiger partial charge in [-0.1, -0.05) is 31.2 Å². The molecule has 166 valence electrons. The van der Waals surface area contributed by atoms with Crippen LogP contribution in [0.3, 0.4) is 0 Å². The van der Waals surface area contributed by atoms with Crippen LogP contribution in [-0.4, -0.2) is 56.9 Å². The zero-order valence-corrected chi connectivity index (χ0v) is 19.4. The number of rotatable bonds is 8. The lowest BCUT2D eigenvalue weighted by atomic mass is 10.0. The number of piperidine rings is 1. The van der Waals surface area contributed by atoms with Gasteiger partial charge in [0, 0.05) is 33.2 Å². The predicted molar refractivity (Wildman–Crippen MR) is 121 cm³/mol. The van der Waals surface area contributed by atoms with E-state index in [2.05, 4.69) is 32.2 Å². The van der Waals surface area contributed by atoms with Gasteiger partial charge in [-0.3, -0.25) is 4.99 Å². The van der Waals surface area contributed by atoms with Crippen LogP contribution in [0, 0.1) is 5.92 Å². The van der Waals surface area contributed by atoms with Gasteiger partial charge in [-0.25, -0.2) is 0 Å². The standard InChI is InChI=1S/C20H31F3N4O.HI/c1-16-4-3-10-27(13-16)11-9-25-19(24-2)26-12-17-5-7-18(8-6-17)14-28-15-20(21,22)23;/h5-8,16H,3-4,9-15H2,1-2H3,(H2,24,25,26);1H. The van der Waals surface area contributed by atoms with Crippen molar-refractivity contribution in [1.82, 2.24) is 15.5 Å². The fraction of sp³-hybridized carbons (Fsp3) is 0.650. The van der Waals surface area contributed by atoms with Crippen LogP contribution < -0.4 is 10.6 Å². The highest BCUT2D eigenvalue weighted by molar-refractivity contribution is 14.0. The number of halogens is 4. The Kier molecular flexibility index (Phi) is 11.9. The number of nitrogens with one attached hydrogen (secondary N) is 2. The maximum absolute atomic E-state index is 12.1. The number of likely N-dealkylation sites (tertiary alicyclic amines) is 1. The average Bonchev–Trinajstić information content (AvgIpc) is 2.64. The number of guanidine groups is 1. The number of ether oxygens (including phenoxy) is 1. The quantitative estimate of drug-likeness (QED) is 0.307. The molecule has 2 rings (SSSR count). The predicted octanol–water partition coefficient (Wildman–Crippen LogP) is 3.78. The monoisotopic (exact) mass is 528 g/mol. The van der Waals surface area contributed by atoms with E-state index in [0.717, 1.165) is 43.6 Å². The molecule has 0 aromatic heterocycles. The summed E-state index contributed by atoms with van der Waals surface area (Å²) in [6.45, 7) is 5.77. The van der Waals surface area contributed by atoms with Gasteiger partial charge in [-0.15, -0.1) is 24.0 Å². The molecule has 29 heavy (non-hydrogen) atoms. The molecule has 1 heterocycles. The van der Waals surface area contributed by atoms with Crippen LogP contribution in [-0.2, 0) is 17.9 Å². The van der Waals surface area contributed by atoms with Gasteiger partial charge in [-0.2, -0.15) is 13.2 Å². The lowest BCUT2D eigenvalue weighted by Crippen LogP contribution is -2.43. The van der Waals surface area contributed by atoms with Gasteiger partial charge in [0.25, 0.3) is 0 Å². The lowest BCUT2D eigenvalue weighted by Gasteiger charge is -2.30. The number of hydrogen-bond donors (Lipinski definition) is 2. The first-order valence-corrected chi connectivity index (χ1v) is 9.75. The first-order chi connectivity index (χ1) is 13.4. The van der Waals surface area contributed by atoms with Crippen molar-refractivity contribution in [2.24, 2.45) is 10.9 Å². The van der Waals surface area contributed by atoms with Crippen LogP contribution in [0.15, 0.2) is 29.3 Å². The summed E-state index contributed by atoms with van der Waals surface area (Å²) >= 11 is 0. The van der Waals surface area contributed by atoms with E-state index in [0.29, 0.717) is 12.1 Å². The zero-order chi connectivity index (χ0) is 20.4. The topological polar surface area (TPSA) is 48.9 Å². The molecule has 0 bridgehead atoms. The van der Waals surface area contributed by atoms with Crippen LogP contribution in [0.5, 0.6) is 0 Å². The molecule has 1 aromatic rings. The third-order valence-corrected chi connectivity index (χ3v) is 4.70. The third kappa shape index (κ3) is 11.0. The molecule has 1 saturated heterocycles. The lowest BCUT2D eigenvalue weighted by molar-refractivity contribution is -0.176. The maximum atomic E-state index is 12.1. The molecule has 0 spiro atoms. The molecule has 1 fully saturated rings. The fourth-order valence-electron chi connectivity index (χ4n) is 3.27. The smallest absolute Gasteiger partial charge is 0.367 e. The van der Waals surface area contributed by atoms with Gasteiger partial charge < -0.3 is 20.3 Å². The molecule has 0 aliphatic carbocycles. The minimum absolute atomic E-state index is 0. The van der Waals surface area contributed by atoms with E-state index in [1.165, 1.54) is 12.8 Å². The number of aliphatic imine (C=N–C) groups is 1. The summed E-state index contributed by atoms with van der Waals surface area (Å²) in [6.07, 6.45) is -1.70. The van der Waals surface area contributed by atoms with Crippen molar-refractivity contribution >= 4 is 29.9 Å². The Morgan fingerprint density at radius 3 is 2.52 bits per heavy atom. The minimum atomic E-state index is -4.29. The van der Waals surface area contributed by atoms with E-state index in [9.17, 15) is 13.2 Å². The molecule has 0 amide bonds. The number of alkyl halides is 3. The normalized spacial score (nSPS) is 18.2. The van der Waals surface area contributed by atoms with Gasteiger partial charge in [0.1, 0.15) is 6.61 Å². The van der Waals surface area contributed by atoms with Gasteiger partial charge >= 0.3 is 6.18 Å². The van der Waals surface area contributed by atoms with E-state index < -0.39 is 12.8 Å². The minimum Gasteiger partial charge on any atom is -0.367 e. The molecule has 9 heteroatoms. The van der Waals surface area contributed by atoms with E-state index >= 15 is 0 Å². The fourth-order valence-corrected chi connectivity index (χ4v) is 3.27. The highest BCUT2D eigenvalue weighted by Crippen LogP contribution is 2.16. The molecule has 1 atom stereocenters. The molecular weight excluding hydrogens is 496 g/mol. The van der Waals surface area contributed by atoms with Gasteiger partial charge in [-0.05, 0) is 36.4 Å². The van der Waals surface area contributed by atoms with E-state index in [4.69, 9.17) is 0 Å².